The molecule has 1 N–H and O–H groups in total. The van der Waals surface area contributed by atoms with Crippen LogP contribution in [0.15, 0.2) is 77.7 Å². The molecule has 8 nitrogen and oxygen atoms in total. The van der Waals surface area contributed by atoms with Crippen molar-refractivity contribution in [1.29, 1.82) is 0 Å². The van der Waals surface area contributed by atoms with Crippen molar-refractivity contribution < 1.29 is 31.5 Å². The smallest absolute Gasteiger partial charge is 0.264 e. The molecule has 214 valence electrons. The summed E-state index contributed by atoms with van der Waals surface area (Å²) in [7, 11) is -2.86. The van der Waals surface area contributed by atoms with Gasteiger partial charge in [0.1, 0.15) is 30.0 Å². The van der Waals surface area contributed by atoms with Crippen LogP contribution in [0.2, 0.25) is 0 Å². The summed E-state index contributed by atoms with van der Waals surface area (Å²) in [6.45, 7) is 4.52. The van der Waals surface area contributed by atoms with Crippen molar-refractivity contribution in [2.24, 2.45) is 0 Å². The summed E-state index contributed by atoms with van der Waals surface area (Å²) in [6, 6.07) is 14.6. The highest BCUT2D eigenvalue weighted by molar-refractivity contribution is 7.92. The molecule has 2 atom stereocenters. The van der Waals surface area contributed by atoms with Crippen molar-refractivity contribution in [2.45, 2.75) is 50.7 Å². The number of sulfonamides is 1. The van der Waals surface area contributed by atoms with Crippen molar-refractivity contribution in [2.75, 3.05) is 18.0 Å². The number of hydrogen-bond donors (Lipinski definition) is 1. The lowest BCUT2D eigenvalue weighted by Crippen LogP contribution is -2.52. The van der Waals surface area contributed by atoms with Gasteiger partial charge in [-0.2, -0.15) is 0 Å². The molecule has 0 aliphatic carbocycles. The summed E-state index contributed by atoms with van der Waals surface area (Å²) in [5.41, 5.74) is 0.605. The lowest BCUT2D eigenvalue weighted by molar-refractivity contribution is -0.139. The van der Waals surface area contributed by atoms with Gasteiger partial charge in [0, 0.05) is 12.6 Å². The first kappa shape index (κ1) is 30.6. The Morgan fingerprint density at radius 1 is 0.900 bits per heavy atom. The number of carbonyl (C=O) groups is 2. The van der Waals surface area contributed by atoms with Crippen molar-refractivity contribution in [3.63, 3.8) is 0 Å². The molecule has 0 unspecified atom stereocenters. The van der Waals surface area contributed by atoms with Crippen LogP contribution in [0.1, 0.15) is 32.8 Å². The van der Waals surface area contributed by atoms with Gasteiger partial charge in [0.2, 0.25) is 11.8 Å². The monoisotopic (exact) mass is 573 g/mol. The molecule has 0 saturated heterocycles. The molecule has 0 aliphatic rings. The number of ether oxygens (including phenoxy) is 1. The molecule has 3 aromatic carbocycles. The Morgan fingerprint density at radius 3 is 1.98 bits per heavy atom. The van der Waals surface area contributed by atoms with Crippen LogP contribution in [0.3, 0.4) is 0 Å². The fourth-order valence-electron chi connectivity index (χ4n) is 3.85. The van der Waals surface area contributed by atoms with E-state index in [0.717, 1.165) is 16.4 Å². The van der Waals surface area contributed by atoms with Crippen LogP contribution < -0.4 is 14.4 Å². The first-order valence-electron chi connectivity index (χ1n) is 12.7. The SMILES string of the molecule is CC[C@H](C)NC(=O)[C@@H](C)N(Cc1ccc(F)cc1)C(=O)CN(c1ccc(F)cc1)S(=O)(=O)c1ccc(OC)cc1. The molecule has 40 heavy (non-hydrogen) atoms. The molecule has 3 aromatic rings. The van der Waals surface area contributed by atoms with Crippen LogP contribution in [-0.2, 0) is 26.2 Å². The number of benzene rings is 3. The van der Waals surface area contributed by atoms with E-state index in [2.05, 4.69) is 5.32 Å². The van der Waals surface area contributed by atoms with Crippen molar-refractivity contribution >= 4 is 27.5 Å². The van der Waals surface area contributed by atoms with E-state index in [1.807, 2.05) is 13.8 Å². The molecule has 11 heteroatoms. The number of rotatable bonds is 12. The summed E-state index contributed by atoms with van der Waals surface area (Å²) in [4.78, 5) is 28.0. The van der Waals surface area contributed by atoms with E-state index in [4.69, 9.17) is 4.74 Å². The Bertz CT molecular complexity index is 1400. The second-order valence-electron chi connectivity index (χ2n) is 9.31. The van der Waals surface area contributed by atoms with Crippen LogP contribution in [0.5, 0.6) is 5.75 Å². The van der Waals surface area contributed by atoms with Crippen LogP contribution in [0, 0.1) is 11.6 Å². The summed E-state index contributed by atoms with van der Waals surface area (Å²) in [5.74, 6) is -1.70. The fourth-order valence-corrected chi connectivity index (χ4v) is 5.26. The summed E-state index contributed by atoms with van der Waals surface area (Å²) < 4.78 is 60.7. The zero-order valence-corrected chi connectivity index (χ0v) is 23.6. The van der Waals surface area contributed by atoms with E-state index >= 15 is 0 Å². The van der Waals surface area contributed by atoms with E-state index in [0.29, 0.717) is 17.7 Å². The Labute approximate surface area is 233 Å². The standard InChI is InChI=1S/C29H33F2N3O5S/c1-5-20(2)32-29(36)21(3)33(18-22-6-8-23(30)9-7-22)28(35)19-34(25-12-10-24(31)11-13-25)40(37,38)27-16-14-26(39-4)15-17-27/h6-17,20-21H,5,18-19H2,1-4H3,(H,32,36)/t20-,21+/m0/s1. The average molecular weight is 574 g/mol. The third-order valence-corrected chi connectivity index (χ3v) is 8.26. The van der Waals surface area contributed by atoms with Gasteiger partial charge >= 0.3 is 0 Å². The van der Waals surface area contributed by atoms with Gasteiger partial charge in [-0.1, -0.05) is 19.1 Å². The van der Waals surface area contributed by atoms with Gasteiger partial charge in [0.15, 0.2) is 0 Å². The topological polar surface area (TPSA) is 96.0 Å². The van der Waals surface area contributed by atoms with E-state index in [1.54, 1.807) is 6.92 Å². The maximum atomic E-state index is 13.8. The number of nitrogens with one attached hydrogen (secondary N) is 1. The number of carbonyl (C=O) groups excluding carboxylic acids is 2. The van der Waals surface area contributed by atoms with Crippen LogP contribution in [-0.4, -0.2) is 50.9 Å². The zero-order valence-electron chi connectivity index (χ0n) is 22.8. The zero-order chi connectivity index (χ0) is 29.4. The Kier molecular flexibility index (Phi) is 10.2. The molecule has 0 aliphatic heterocycles. The van der Waals surface area contributed by atoms with Gasteiger partial charge in [0.05, 0.1) is 17.7 Å². The largest absolute Gasteiger partial charge is 0.497 e. The van der Waals surface area contributed by atoms with Crippen LogP contribution in [0.25, 0.3) is 0 Å². The molecule has 0 bridgehead atoms. The van der Waals surface area contributed by atoms with Crippen molar-refractivity contribution in [3.8, 4) is 5.75 Å². The molecular formula is C29H33F2N3O5S. The highest BCUT2D eigenvalue weighted by Gasteiger charge is 2.33. The first-order chi connectivity index (χ1) is 19.0. The van der Waals surface area contributed by atoms with Crippen LogP contribution in [0.4, 0.5) is 14.5 Å². The molecular weight excluding hydrogens is 540 g/mol. The quantitative estimate of drug-likeness (QED) is 0.344. The second-order valence-corrected chi connectivity index (χ2v) is 11.2. The minimum Gasteiger partial charge on any atom is -0.497 e. The molecule has 0 spiro atoms. The summed E-state index contributed by atoms with van der Waals surface area (Å²) in [6.07, 6.45) is 0.669. The summed E-state index contributed by atoms with van der Waals surface area (Å²) in [5, 5.41) is 2.84. The molecule has 0 fully saturated rings. The summed E-state index contributed by atoms with van der Waals surface area (Å²) >= 11 is 0. The minimum atomic E-state index is -4.31. The average Bonchev–Trinajstić information content (AvgIpc) is 2.95. The highest BCUT2D eigenvalue weighted by Crippen LogP contribution is 2.26. The number of anilines is 1. The normalized spacial score (nSPS) is 12.8. The number of nitrogens with zero attached hydrogens (tertiary/aromatic N) is 2. The molecule has 0 radical (unpaired) electrons. The minimum absolute atomic E-state index is 0.0593. The van der Waals surface area contributed by atoms with E-state index in [-0.39, 0.29) is 23.2 Å². The lowest BCUT2D eigenvalue weighted by atomic mass is 10.1. The van der Waals surface area contributed by atoms with Gasteiger partial charge in [0.25, 0.3) is 10.0 Å². The molecule has 3 rings (SSSR count). The molecule has 0 heterocycles. The molecule has 2 amide bonds. The molecule has 0 saturated carbocycles. The van der Waals surface area contributed by atoms with Crippen molar-refractivity contribution in [3.05, 3.63) is 90.0 Å². The maximum absolute atomic E-state index is 13.8. The number of amides is 2. The Morgan fingerprint density at radius 2 is 1.45 bits per heavy atom. The van der Waals surface area contributed by atoms with Gasteiger partial charge in [-0.3, -0.25) is 13.9 Å². The van der Waals surface area contributed by atoms with Gasteiger partial charge < -0.3 is 15.0 Å². The predicted octanol–water partition coefficient (Wildman–Crippen LogP) is 4.50. The Balaban J connectivity index is 2.01. The first-order valence-corrected chi connectivity index (χ1v) is 14.2. The Hall–Kier alpha value is -3.99. The number of methoxy groups -OCH3 is 1. The molecule has 0 aromatic heterocycles. The van der Waals surface area contributed by atoms with E-state index in [9.17, 15) is 26.8 Å². The van der Waals surface area contributed by atoms with E-state index < -0.39 is 46.1 Å². The van der Waals surface area contributed by atoms with Crippen molar-refractivity contribution in [1.82, 2.24) is 10.2 Å². The fraction of sp³-hybridized carbons (Fsp3) is 0.310. The predicted molar refractivity (Wildman–Crippen MR) is 148 cm³/mol. The van der Waals surface area contributed by atoms with Crippen LogP contribution >= 0.6 is 0 Å². The van der Waals surface area contributed by atoms with Gasteiger partial charge in [-0.15, -0.1) is 0 Å². The second kappa shape index (κ2) is 13.4. The third kappa shape index (κ3) is 7.56. The van der Waals surface area contributed by atoms with E-state index in [1.165, 1.54) is 72.7 Å². The maximum Gasteiger partial charge on any atom is 0.264 e. The number of halogens is 2. The number of hydrogen-bond acceptors (Lipinski definition) is 5. The van der Waals surface area contributed by atoms with Gasteiger partial charge in [-0.05, 0) is 86.5 Å². The highest BCUT2D eigenvalue weighted by atomic mass is 32.2. The third-order valence-electron chi connectivity index (χ3n) is 6.48. The van der Waals surface area contributed by atoms with Gasteiger partial charge in [-0.25, -0.2) is 17.2 Å². The lowest BCUT2D eigenvalue weighted by Gasteiger charge is -2.32.